The van der Waals surface area contributed by atoms with Gasteiger partial charge in [0.2, 0.25) is 0 Å². The maximum Gasteiger partial charge on any atom is 0 e. The highest BCUT2D eigenvalue weighted by molar-refractivity contribution is 5.76. The van der Waals surface area contributed by atoms with Gasteiger partial charge in [0.25, 0.3) is 0 Å². The molecule has 0 heterocycles. The van der Waals surface area contributed by atoms with Crippen molar-refractivity contribution in [1.29, 1.82) is 0 Å². The van der Waals surface area contributed by atoms with E-state index in [1.54, 1.807) is 0 Å². The molecule has 21 valence electrons. The predicted octanol–water partition coefficient (Wildman–Crippen LogP) is 0.511. The third-order valence-electron chi connectivity index (χ3n) is 0. The van der Waals surface area contributed by atoms with Gasteiger partial charge < -0.3 is 0 Å². The molecule has 5 radical (unpaired) electrons. The van der Waals surface area contributed by atoms with Crippen LogP contribution in [0.4, 0.5) is 0 Å². The second-order valence-electron chi connectivity index (χ2n) is 0. The molecule has 2 heteroatoms. The number of hydrogen-bond acceptors (Lipinski definition) is 0. The van der Waals surface area contributed by atoms with E-state index in [1.165, 1.54) is 0 Å². The van der Waals surface area contributed by atoms with Crippen LogP contribution < -0.4 is 0 Å². The molecule has 0 saturated carbocycles. The SMILES string of the molecule is C.C.[Al].[Mg]. The molecule has 0 amide bonds. The van der Waals surface area contributed by atoms with E-state index in [1.807, 2.05) is 0 Å². The number of rotatable bonds is 0. The Morgan fingerprint density at radius 2 is 0.750 bits per heavy atom. The van der Waals surface area contributed by atoms with Gasteiger partial charge in [-0.15, -0.1) is 0 Å². The second-order valence-corrected chi connectivity index (χ2v) is 0. The summed E-state index contributed by atoms with van der Waals surface area (Å²) in [5.41, 5.74) is 0. The Hall–Kier alpha value is 1.30. The Bertz CT molecular complexity index is 6.00. The van der Waals surface area contributed by atoms with Gasteiger partial charge in [-0.25, -0.2) is 0 Å². The van der Waals surface area contributed by atoms with Crippen LogP contribution in [0.2, 0.25) is 0 Å². The van der Waals surface area contributed by atoms with Crippen LogP contribution in [0.5, 0.6) is 0 Å². The molecule has 0 N–H and O–H groups in total. The molecule has 0 spiro atoms. The van der Waals surface area contributed by atoms with Crippen LogP contribution in [-0.4, -0.2) is 40.4 Å². The molecule has 0 aliphatic rings. The lowest BCUT2D eigenvalue weighted by atomic mass is 12.0. The molecule has 0 aromatic rings. The molecule has 0 rings (SSSR count). The first-order chi connectivity index (χ1) is 0. The minimum atomic E-state index is 0. The fourth-order valence-electron chi connectivity index (χ4n) is 0. The maximum absolute atomic E-state index is 0. The monoisotopic (exact) mass is 83.0 g/mol. The molecule has 0 saturated heterocycles. The molecular formula is C2H8AlMg. The lowest BCUT2D eigenvalue weighted by molar-refractivity contribution is 2.50. The summed E-state index contributed by atoms with van der Waals surface area (Å²) in [6, 6.07) is 0. The van der Waals surface area contributed by atoms with E-state index in [0.717, 1.165) is 0 Å². The van der Waals surface area contributed by atoms with E-state index in [4.69, 9.17) is 0 Å². The first kappa shape index (κ1) is 58.1. The fraction of sp³-hybridized carbons (Fsp3) is 1.00. The molecule has 0 fully saturated rings. The molecular weight excluding hydrogens is 75.3 g/mol. The summed E-state index contributed by atoms with van der Waals surface area (Å²) in [6.45, 7) is 0. The van der Waals surface area contributed by atoms with Gasteiger partial charge in [-0.3, -0.25) is 0 Å². The summed E-state index contributed by atoms with van der Waals surface area (Å²) in [4.78, 5) is 0. The summed E-state index contributed by atoms with van der Waals surface area (Å²) in [5, 5.41) is 0. The van der Waals surface area contributed by atoms with Gasteiger partial charge in [-0.05, 0) is 0 Å². The van der Waals surface area contributed by atoms with E-state index < -0.39 is 0 Å². The molecule has 0 nitrogen and oxygen atoms in total. The summed E-state index contributed by atoms with van der Waals surface area (Å²) < 4.78 is 0. The smallest absolute Gasteiger partial charge is 0 e. The Balaban J connectivity index is 0. The lowest BCUT2D eigenvalue weighted by Gasteiger charge is -0.0786. The Morgan fingerprint density at radius 3 is 0.750 bits per heavy atom. The lowest BCUT2D eigenvalue weighted by Crippen LogP contribution is -0.382. The van der Waals surface area contributed by atoms with Crippen LogP contribution in [0.1, 0.15) is 14.9 Å². The third-order valence-corrected chi connectivity index (χ3v) is 0. The second kappa shape index (κ2) is 27.7. The van der Waals surface area contributed by atoms with E-state index in [2.05, 4.69) is 0 Å². The van der Waals surface area contributed by atoms with E-state index in [0.29, 0.717) is 0 Å². The van der Waals surface area contributed by atoms with Crippen molar-refractivity contribution in [2.75, 3.05) is 0 Å². The van der Waals surface area contributed by atoms with Gasteiger partial charge in [0.15, 0.2) is 0 Å². The molecule has 0 aromatic carbocycles. The van der Waals surface area contributed by atoms with Gasteiger partial charge >= 0.3 is 0 Å². The summed E-state index contributed by atoms with van der Waals surface area (Å²) in [7, 11) is 0. The van der Waals surface area contributed by atoms with Crippen molar-refractivity contribution in [3.8, 4) is 0 Å². The van der Waals surface area contributed by atoms with Crippen LogP contribution in [0, 0.1) is 0 Å². The van der Waals surface area contributed by atoms with Gasteiger partial charge in [-0.2, -0.15) is 0 Å². The molecule has 0 aliphatic carbocycles. The molecule has 0 aromatic heterocycles. The largest absolute Gasteiger partial charge is 0.0776 e. The van der Waals surface area contributed by atoms with Gasteiger partial charge in [0.1, 0.15) is 0 Å². The topological polar surface area (TPSA) is 0 Å². The predicted molar refractivity (Wildman–Crippen MR) is 25.0 cm³/mol. The molecule has 0 unspecified atom stereocenters. The maximum atomic E-state index is 0. The van der Waals surface area contributed by atoms with Crippen molar-refractivity contribution in [3.05, 3.63) is 0 Å². The first-order valence-corrected chi connectivity index (χ1v) is 0. The van der Waals surface area contributed by atoms with E-state index >= 15 is 0 Å². The highest BCUT2D eigenvalue weighted by Gasteiger charge is 0.00105. The highest BCUT2D eigenvalue weighted by atomic mass is 27.0. The van der Waals surface area contributed by atoms with Crippen molar-refractivity contribution in [1.82, 2.24) is 0 Å². The Kier molecular flexibility index (Phi) is 403. The zero-order valence-corrected chi connectivity index (χ0v) is 3.85. The highest BCUT2D eigenvalue weighted by Crippen LogP contribution is 0.145. The standard InChI is InChI=1S/2CH4.Al.Mg/h2*1H4;;. The van der Waals surface area contributed by atoms with Crippen molar-refractivity contribution < 1.29 is 0 Å². The normalized spacial score (nSPS) is 0. The summed E-state index contributed by atoms with van der Waals surface area (Å²) >= 11 is 0. The summed E-state index contributed by atoms with van der Waals surface area (Å²) in [5.74, 6) is 0. The quantitative estimate of drug-likeness (QED) is 0.374. The molecule has 4 heavy (non-hydrogen) atoms. The molecule has 0 bridgehead atoms. The van der Waals surface area contributed by atoms with Crippen LogP contribution >= 0.6 is 0 Å². The van der Waals surface area contributed by atoms with Crippen molar-refractivity contribution in [2.45, 2.75) is 14.9 Å². The van der Waals surface area contributed by atoms with E-state index in [-0.39, 0.29) is 55.3 Å². The van der Waals surface area contributed by atoms with Gasteiger partial charge in [0.05, 0.1) is 0 Å². The number of hydrogen-bond donors (Lipinski definition) is 0. The van der Waals surface area contributed by atoms with Crippen LogP contribution in [0.15, 0.2) is 0 Å². The zero-order valence-electron chi connectivity index (χ0n) is 1.28. The minimum Gasteiger partial charge on any atom is -0.0776 e. The third kappa shape index (κ3) is 10.3. The first-order valence-electron chi connectivity index (χ1n) is 0. The Labute approximate surface area is 55.3 Å². The summed E-state index contributed by atoms with van der Waals surface area (Å²) in [6.07, 6.45) is 0. The van der Waals surface area contributed by atoms with E-state index in [9.17, 15) is 0 Å². The van der Waals surface area contributed by atoms with Crippen molar-refractivity contribution in [2.24, 2.45) is 0 Å². The average molecular weight is 83.4 g/mol. The fourth-order valence-corrected chi connectivity index (χ4v) is 0. The van der Waals surface area contributed by atoms with Crippen molar-refractivity contribution >= 4 is 40.4 Å². The molecule has 0 atom stereocenters. The Morgan fingerprint density at radius 1 is 0.750 bits per heavy atom. The van der Waals surface area contributed by atoms with Gasteiger partial charge in [0, 0.05) is 40.4 Å². The minimum absolute atomic E-state index is 0. The average Bonchev–Trinajstić information content (AvgIpc) is 0. The zero-order chi connectivity index (χ0) is 0. The molecule has 0 aliphatic heterocycles. The van der Waals surface area contributed by atoms with Crippen LogP contribution in [0.3, 0.4) is 0 Å². The van der Waals surface area contributed by atoms with Crippen LogP contribution in [-0.2, 0) is 0 Å². The van der Waals surface area contributed by atoms with Gasteiger partial charge in [-0.1, -0.05) is 14.9 Å². The van der Waals surface area contributed by atoms with Crippen LogP contribution in [0.25, 0.3) is 0 Å². The van der Waals surface area contributed by atoms with Crippen molar-refractivity contribution in [3.63, 3.8) is 0 Å².